The highest BCUT2D eigenvalue weighted by Gasteiger charge is 2.19. The minimum Gasteiger partial charge on any atom is -0.382 e. The van der Waals surface area contributed by atoms with Gasteiger partial charge in [0.25, 0.3) is 0 Å². The molecular weight excluding hydrogens is 198 g/mol. The van der Waals surface area contributed by atoms with E-state index in [1.54, 1.807) is 0 Å². The van der Waals surface area contributed by atoms with E-state index < -0.39 is 8.07 Å². The summed E-state index contributed by atoms with van der Waals surface area (Å²) in [5, 5.41) is 4.92. The van der Waals surface area contributed by atoms with Crippen LogP contribution in [0.4, 0.5) is 5.69 Å². The van der Waals surface area contributed by atoms with Gasteiger partial charge in [-0.15, -0.1) is 6.58 Å². The van der Waals surface area contributed by atoms with Crippen LogP contribution in [0.25, 0.3) is 0 Å². The van der Waals surface area contributed by atoms with E-state index in [4.69, 9.17) is 0 Å². The van der Waals surface area contributed by atoms with Gasteiger partial charge in [0.05, 0.1) is 8.07 Å². The smallest absolute Gasteiger partial charge is 0.0803 e. The molecule has 0 saturated heterocycles. The first-order chi connectivity index (χ1) is 6.95. The maximum absolute atomic E-state index is 3.73. The Labute approximate surface area is 94.2 Å². The highest BCUT2D eigenvalue weighted by molar-refractivity contribution is 6.89. The van der Waals surface area contributed by atoms with Gasteiger partial charge in [-0.05, 0) is 18.2 Å². The summed E-state index contributed by atoms with van der Waals surface area (Å²) in [6, 6.07) is 6.67. The number of nitrogens with one attached hydrogen (secondary N) is 1. The lowest BCUT2D eigenvalue weighted by molar-refractivity contribution is 1.34. The Hall–Kier alpha value is -1.02. The molecule has 0 spiro atoms. The van der Waals surface area contributed by atoms with E-state index in [2.05, 4.69) is 56.7 Å². The van der Waals surface area contributed by atoms with Crippen molar-refractivity contribution in [1.29, 1.82) is 0 Å². The summed E-state index contributed by atoms with van der Waals surface area (Å²) in [4.78, 5) is 0. The molecule has 0 unspecified atom stereocenters. The maximum Gasteiger partial charge on any atom is 0.0803 e. The molecule has 0 bridgehead atoms. The molecule has 0 radical (unpaired) electrons. The average Bonchev–Trinajstić information content (AvgIpc) is 2.14. The first kappa shape index (κ1) is 12.0. The van der Waals surface area contributed by atoms with Gasteiger partial charge in [-0.1, -0.05) is 43.4 Å². The maximum atomic E-state index is 3.73. The molecule has 0 aromatic heterocycles. The van der Waals surface area contributed by atoms with Crippen LogP contribution < -0.4 is 10.5 Å². The second-order valence-corrected chi connectivity index (χ2v) is 10.0. The van der Waals surface area contributed by atoms with Crippen LogP contribution in [0.2, 0.25) is 19.6 Å². The van der Waals surface area contributed by atoms with E-state index in [0.717, 1.165) is 6.54 Å². The first-order valence-electron chi connectivity index (χ1n) is 5.41. The molecule has 0 atom stereocenters. The quantitative estimate of drug-likeness (QED) is 0.606. The zero-order valence-electron chi connectivity index (χ0n) is 10.2. The highest BCUT2D eigenvalue weighted by Crippen LogP contribution is 2.13. The number of hydrogen-bond acceptors (Lipinski definition) is 1. The molecule has 0 saturated carbocycles. The van der Waals surface area contributed by atoms with Gasteiger partial charge >= 0.3 is 0 Å². The van der Waals surface area contributed by atoms with Crippen molar-refractivity contribution in [1.82, 2.24) is 0 Å². The van der Waals surface area contributed by atoms with Crippen molar-refractivity contribution >= 4 is 18.9 Å². The SMILES string of the molecule is C=CCNc1ccc(C)cc1[Si](C)(C)C. The van der Waals surface area contributed by atoms with E-state index in [-0.39, 0.29) is 0 Å². The zero-order valence-corrected chi connectivity index (χ0v) is 11.2. The number of rotatable bonds is 4. The van der Waals surface area contributed by atoms with Crippen LogP contribution in [0.1, 0.15) is 5.56 Å². The Kier molecular flexibility index (Phi) is 3.75. The molecule has 0 amide bonds. The molecule has 0 aliphatic carbocycles. The van der Waals surface area contributed by atoms with Gasteiger partial charge in [-0.25, -0.2) is 0 Å². The van der Waals surface area contributed by atoms with Crippen LogP contribution >= 0.6 is 0 Å². The van der Waals surface area contributed by atoms with Gasteiger partial charge in [0, 0.05) is 12.2 Å². The monoisotopic (exact) mass is 219 g/mol. The highest BCUT2D eigenvalue weighted by atomic mass is 28.3. The third-order valence-corrected chi connectivity index (χ3v) is 4.45. The topological polar surface area (TPSA) is 12.0 Å². The van der Waals surface area contributed by atoms with Crippen LogP contribution in [-0.4, -0.2) is 14.6 Å². The van der Waals surface area contributed by atoms with E-state index in [0.29, 0.717) is 0 Å². The van der Waals surface area contributed by atoms with Gasteiger partial charge in [0.2, 0.25) is 0 Å². The van der Waals surface area contributed by atoms with Crippen molar-refractivity contribution in [3.8, 4) is 0 Å². The number of anilines is 1. The second kappa shape index (κ2) is 4.66. The van der Waals surface area contributed by atoms with Crippen LogP contribution in [0, 0.1) is 6.92 Å². The van der Waals surface area contributed by atoms with Gasteiger partial charge < -0.3 is 5.32 Å². The molecule has 82 valence electrons. The van der Waals surface area contributed by atoms with E-state index in [9.17, 15) is 0 Å². The van der Waals surface area contributed by atoms with Crippen molar-refractivity contribution in [2.75, 3.05) is 11.9 Å². The average molecular weight is 219 g/mol. The van der Waals surface area contributed by atoms with E-state index >= 15 is 0 Å². The number of aryl methyl sites for hydroxylation is 1. The molecule has 0 aliphatic heterocycles. The minimum absolute atomic E-state index is 0.834. The Bertz CT molecular complexity index is 350. The van der Waals surface area contributed by atoms with Crippen LogP contribution in [0.5, 0.6) is 0 Å². The summed E-state index contributed by atoms with van der Waals surface area (Å²) in [7, 11) is -1.26. The van der Waals surface area contributed by atoms with E-state index in [1.807, 2.05) is 6.08 Å². The minimum atomic E-state index is -1.26. The standard InChI is InChI=1S/C13H21NSi/c1-6-9-14-12-8-7-11(2)10-13(12)15(3,4)5/h6-8,10,14H,1,9H2,2-5H3. The Morgan fingerprint density at radius 2 is 2.00 bits per heavy atom. The fourth-order valence-corrected chi connectivity index (χ4v) is 3.26. The first-order valence-corrected chi connectivity index (χ1v) is 8.91. The van der Waals surface area contributed by atoms with Gasteiger partial charge in [-0.2, -0.15) is 0 Å². The van der Waals surface area contributed by atoms with Crippen molar-refractivity contribution < 1.29 is 0 Å². The third kappa shape index (κ3) is 3.24. The third-order valence-electron chi connectivity index (χ3n) is 2.42. The molecule has 15 heavy (non-hydrogen) atoms. The van der Waals surface area contributed by atoms with Crippen LogP contribution in [0.3, 0.4) is 0 Å². The van der Waals surface area contributed by atoms with Gasteiger partial charge in [-0.3, -0.25) is 0 Å². The van der Waals surface area contributed by atoms with Crippen molar-refractivity contribution in [2.45, 2.75) is 26.6 Å². The fraction of sp³-hybridized carbons (Fsp3) is 0.385. The van der Waals surface area contributed by atoms with Crippen molar-refractivity contribution in [2.24, 2.45) is 0 Å². The molecule has 0 aliphatic rings. The predicted octanol–water partition coefficient (Wildman–Crippen LogP) is 3.14. The lowest BCUT2D eigenvalue weighted by atomic mass is 10.2. The summed E-state index contributed by atoms with van der Waals surface area (Å²) in [6.07, 6.45) is 1.90. The molecular formula is C13H21NSi. The van der Waals surface area contributed by atoms with Gasteiger partial charge in [0.15, 0.2) is 0 Å². The Morgan fingerprint density at radius 3 is 2.53 bits per heavy atom. The molecule has 2 heteroatoms. The molecule has 1 nitrogen and oxygen atoms in total. The Morgan fingerprint density at radius 1 is 1.33 bits per heavy atom. The lowest BCUT2D eigenvalue weighted by Gasteiger charge is -2.22. The number of hydrogen-bond donors (Lipinski definition) is 1. The van der Waals surface area contributed by atoms with E-state index in [1.165, 1.54) is 16.4 Å². The summed E-state index contributed by atoms with van der Waals surface area (Å²) >= 11 is 0. The molecule has 0 heterocycles. The zero-order chi connectivity index (χ0) is 11.5. The van der Waals surface area contributed by atoms with Crippen molar-refractivity contribution in [3.05, 3.63) is 36.4 Å². The molecule has 1 aromatic carbocycles. The molecule has 1 aromatic rings. The predicted molar refractivity (Wildman–Crippen MR) is 72.8 cm³/mol. The largest absolute Gasteiger partial charge is 0.382 e. The van der Waals surface area contributed by atoms with Crippen LogP contribution in [0.15, 0.2) is 30.9 Å². The lowest BCUT2D eigenvalue weighted by Crippen LogP contribution is -2.39. The normalized spacial score (nSPS) is 11.2. The fourth-order valence-electron chi connectivity index (χ4n) is 1.61. The molecule has 1 N–H and O–H groups in total. The van der Waals surface area contributed by atoms with Crippen molar-refractivity contribution in [3.63, 3.8) is 0 Å². The number of benzene rings is 1. The Balaban J connectivity index is 3.09. The molecule has 1 rings (SSSR count). The summed E-state index contributed by atoms with van der Waals surface area (Å²) in [6.45, 7) is 13.8. The summed E-state index contributed by atoms with van der Waals surface area (Å²) in [5.41, 5.74) is 2.62. The molecule has 0 fully saturated rings. The summed E-state index contributed by atoms with van der Waals surface area (Å²) < 4.78 is 0. The van der Waals surface area contributed by atoms with Crippen LogP contribution in [-0.2, 0) is 0 Å². The second-order valence-electron chi connectivity index (χ2n) is 4.97. The summed E-state index contributed by atoms with van der Waals surface area (Å²) in [5.74, 6) is 0. The van der Waals surface area contributed by atoms with Gasteiger partial charge in [0.1, 0.15) is 0 Å².